The van der Waals surface area contributed by atoms with E-state index in [0.29, 0.717) is 30.8 Å². The number of carbonyl (C=O) groups excluding carboxylic acids is 5. The van der Waals surface area contributed by atoms with Crippen molar-refractivity contribution >= 4 is 41.1 Å². The molecule has 0 unspecified atom stereocenters. The Morgan fingerprint density at radius 3 is 1.92 bits per heavy atom. The molecule has 1 aliphatic rings. The molecule has 3 aromatic rings. The largest absolute Gasteiger partial charge is 0.478 e. The Labute approximate surface area is 315 Å². The highest BCUT2D eigenvalue weighted by Crippen LogP contribution is 2.36. The molecule has 2 amide bonds. The molecule has 2 heterocycles. The zero-order valence-corrected chi connectivity index (χ0v) is 32.8. The monoisotopic (exact) mass is 750 g/mol. The number of amides is 2. The second-order valence-electron chi connectivity index (χ2n) is 15.6. The molecule has 0 spiro atoms. The highest BCUT2D eigenvalue weighted by Gasteiger charge is 2.31. The minimum absolute atomic E-state index is 0.0298. The zero-order chi connectivity index (χ0) is 39.1. The van der Waals surface area contributed by atoms with E-state index in [9.17, 15) is 24.0 Å². The van der Waals surface area contributed by atoms with Gasteiger partial charge in [0.1, 0.15) is 16.8 Å². The Morgan fingerprint density at radius 2 is 1.34 bits per heavy atom. The summed E-state index contributed by atoms with van der Waals surface area (Å²) in [5, 5.41) is 2.78. The maximum atomic E-state index is 13.8. The van der Waals surface area contributed by atoms with E-state index in [-0.39, 0.29) is 23.6 Å². The van der Waals surface area contributed by atoms with Gasteiger partial charge in [-0.1, -0.05) is 30.3 Å². The fourth-order valence-electron chi connectivity index (χ4n) is 5.37. The molecule has 0 saturated carbocycles. The van der Waals surface area contributed by atoms with Crippen molar-refractivity contribution in [2.45, 2.75) is 98.5 Å². The smallest absolute Gasteiger partial charge is 0.410 e. The van der Waals surface area contributed by atoms with Crippen LogP contribution in [0.1, 0.15) is 104 Å². The van der Waals surface area contributed by atoms with Crippen molar-refractivity contribution in [2.75, 3.05) is 26.3 Å². The molecule has 1 N–H and O–H groups in total. The number of hydrogen-bond donors (Lipinski definition) is 1. The van der Waals surface area contributed by atoms with Crippen LogP contribution in [0.5, 0.6) is 11.5 Å². The molecule has 0 saturated heterocycles. The number of ketones is 1. The molecule has 0 radical (unpaired) electrons. The summed E-state index contributed by atoms with van der Waals surface area (Å²) in [5.41, 5.74) is 0.793. The first-order valence-electron chi connectivity index (χ1n) is 17.5. The van der Waals surface area contributed by atoms with E-state index >= 15 is 0 Å². The number of hydrogen-bond acceptors (Lipinski definition) is 11. The topological polar surface area (TPSA) is 147 Å². The number of esters is 2. The number of fused-ring (bicyclic) bond motifs is 1. The molecule has 53 heavy (non-hydrogen) atoms. The fourth-order valence-corrected chi connectivity index (χ4v) is 6.60. The Morgan fingerprint density at radius 1 is 0.755 bits per heavy atom. The van der Waals surface area contributed by atoms with Crippen LogP contribution in [0.2, 0.25) is 0 Å². The van der Waals surface area contributed by atoms with Gasteiger partial charge in [0.2, 0.25) is 0 Å². The number of rotatable bonds is 12. The van der Waals surface area contributed by atoms with Gasteiger partial charge >= 0.3 is 18.0 Å². The van der Waals surface area contributed by atoms with E-state index in [1.54, 1.807) is 46.4 Å². The summed E-state index contributed by atoms with van der Waals surface area (Å²) in [4.78, 5) is 68.1. The quantitative estimate of drug-likeness (QED) is 0.121. The van der Waals surface area contributed by atoms with E-state index in [0.717, 1.165) is 21.6 Å². The normalized spacial score (nSPS) is 13.0. The summed E-state index contributed by atoms with van der Waals surface area (Å²) < 4.78 is 27.6. The fraction of sp³-hybridized carbons (Fsp3) is 0.475. The van der Waals surface area contributed by atoms with Crippen molar-refractivity contribution in [3.05, 3.63) is 80.5 Å². The van der Waals surface area contributed by atoms with Gasteiger partial charge in [0.15, 0.2) is 30.5 Å². The lowest BCUT2D eigenvalue weighted by Crippen LogP contribution is -2.39. The van der Waals surface area contributed by atoms with E-state index < -0.39 is 59.7 Å². The summed E-state index contributed by atoms with van der Waals surface area (Å²) in [6.07, 6.45) is 0.628. The van der Waals surface area contributed by atoms with Crippen LogP contribution in [-0.4, -0.2) is 77.7 Å². The van der Waals surface area contributed by atoms with Gasteiger partial charge in [0, 0.05) is 17.0 Å². The van der Waals surface area contributed by atoms with Crippen molar-refractivity contribution in [1.82, 2.24) is 10.2 Å². The third kappa shape index (κ3) is 12.6. The minimum Gasteiger partial charge on any atom is -0.478 e. The molecular weight excluding hydrogens is 701 g/mol. The Hall–Kier alpha value is -4.91. The lowest BCUT2D eigenvalue weighted by atomic mass is 9.97. The van der Waals surface area contributed by atoms with Gasteiger partial charge in [0.05, 0.1) is 18.0 Å². The van der Waals surface area contributed by atoms with Crippen LogP contribution in [0.4, 0.5) is 4.79 Å². The number of ether oxygens (including phenoxy) is 5. The minimum atomic E-state index is -0.743. The van der Waals surface area contributed by atoms with E-state index in [1.807, 2.05) is 51.1 Å². The van der Waals surface area contributed by atoms with Crippen LogP contribution in [0.15, 0.2) is 48.5 Å². The summed E-state index contributed by atoms with van der Waals surface area (Å²) in [5.74, 6) is -1.96. The lowest BCUT2D eigenvalue weighted by Gasteiger charge is -2.30. The van der Waals surface area contributed by atoms with Gasteiger partial charge in [-0.3, -0.25) is 9.59 Å². The molecule has 286 valence electrons. The van der Waals surface area contributed by atoms with Crippen LogP contribution in [0.3, 0.4) is 0 Å². The van der Waals surface area contributed by atoms with Crippen LogP contribution < -0.4 is 14.8 Å². The third-order valence-corrected chi connectivity index (χ3v) is 8.78. The van der Waals surface area contributed by atoms with Gasteiger partial charge in [-0.05, 0) is 110 Å². The summed E-state index contributed by atoms with van der Waals surface area (Å²) >= 11 is 1.37. The number of nitrogens with zero attached hydrogens (tertiary/aromatic N) is 1. The van der Waals surface area contributed by atoms with E-state index in [2.05, 4.69) is 5.32 Å². The average Bonchev–Trinajstić information content (AvgIpc) is 3.40. The van der Waals surface area contributed by atoms with Crippen LogP contribution in [-0.2, 0) is 43.2 Å². The maximum absolute atomic E-state index is 13.8. The maximum Gasteiger partial charge on any atom is 0.410 e. The van der Waals surface area contributed by atoms with Crippen molar-refractivity contribution < 1.29 is 47.7 Å². The van der Waals surface area contributed by atoms with Gasteiger partial charge < -0.3 is 33.9 Å². The van der Waals surface area contributed by atoms with Crippen LogP contribution in [0.25, 0.3) is 0 Å². The number of nitrogens with one attached hydrogen (secondary N) is 1. The first kappa shape index (κ1) is 40.9. The summed E-state index contributed by atoms with van der Waals surface area (Å²) in [6, 6.07) is 14.1. The zero-order valence-electron chi connectivity index (χ0n) is 32.0. The highest BCUT2D eigenvalue weighted by molar-refractivity contribution is 7.14. The SMILES string of the molecule is CC(C)(C)OC(=O)COc1ccc(C(=O)CNC(=O)c2sc3c(c2Cc2ccccc2)CN(C(=O)OC(C)(C)C)CC3)cc1OCC(=O)OC(C)(C)C. The van der Waals surface area contributed by atoms with Crippen molar-refractivity contribution in [3.63, 3.8) is 0 Å². The van der Waals surface area contributed by atoms with Crippen LogP contribution >= 0.6 is 11.3 Å². The average molecular weight is 751 g/mol. The number of benzene rings is 2. The highest BCUT2D eigenvalue weighted by atomic mass is 32.1. The van der Waals surface area contributed by atoms with Gasteiger partial charge in [-0.2, -0.15) is 0 Å². The molecular formula is C40H50N2O10S. The van der Waals surface area contributed by atoms with Crippen molar-refractivity contribution in [3.8, 4) is 11.5 Å². The Kier molecular flexibility index (Phi) is 13.0. The first-order valence-corrected chi connectivity index (χ1v) is 18.3. The molecule has 1 aromatic heterocycles. The molecule has 1 aliphatic heterocycles. The predicted molar refractivity (Wildman–Crippen MR) is 200 cm³/mol. The molecule has 12 nitrogen and oxygen atoms in total. The summed E-state index contributed by atoms with van der Waals surface area (Å²) in [7, 11) is 0. The molecule has 0 bridgehead atoms. The predicted octanol–water partition coefficient (Wildman–Crippen LogP) is 6.69. The molecule has 0 aliphatic carbocycles. The second kappa shape index (κ2) is 16.8. The van der Waals surface area contributed by atoms with Crippen molar-refractivity contribution in [1.29, 1.82) is 0 Å². The van der Waals surface area contributed by atoms with E-state index in [1.165, 1.54) is 29.5 Å². The van der Waals surface area contributed by atoms with Gasteiger partial charge in [-0.15, -0.1) is 11.3 Å². The number of thiophene rings is 1. The lowest BCUT2D eigenvalue weighted by molar-refractivity contribution is -0.158. The molecule has 4 rings (SSSR count). The number of carbonyl (C=O) groups is 5. The molecule has 0 atom stereocenters. The van der Waals surface area contributed by atoms with E-state index in [4.69, 9.17) is 23.7 Å². The summed E-state index contributed by atoms with van der Waals surface area (Å²) in [6.45, 7) is 15.4. The second-order valence-corrected chi connectivity index (χ2v) is 16.7. The standard InChI is InChI=1S/C40H50N2O10S/c1-38(2,3)50-33(44)23-48-30-16-15-26(20-31(30)49-24-34(45)51-39(4,5)6)29(43)21-41-36(46)35-27(19-25-13-11-10-12-14-25)28-22-42(18-17-32(28)53-35)37(47)52-40(7,8)9/h10-16,20H,17-19,21-24H2,1-9H3,(H,41,46). The Balaban J connectivity index is 1.53. The van der Waals surface area contributed by atoms with Crippen LogP contribution in [0, 0.1) is 0 Å². The molecule has 2 aromatic carbocycles. The molecule has 0 fully saturated rings. The van der Waals surface area contributed by atoms with Crippen molar-refractivity contribution in [2.24, 2.45) is 0 Å². The molecule has 13 heteroatoms. The van der Waals surface area contributed by atoms with Gasteiger partial charge in [0.25, 0.3) is 5.91 Å². The first-order chi connectivity index (χ1) is 24.7. The Bertz CT molecular complexity index is 1810. The number of Topliss-reactive ketones (excluding diaryl/α,β-unsaturated/α-hetero) is 1. The third-order valence-electron chi connectivity index (χ3n) is 7.45. The van der Waals surface area contributed by atoms with Gasteiger partial charge in [-0.25, -0.2) is 14.4 Å².